The molecule has 3 aromatic rings. The van der Waals surface area contributed by atoms with Crippen molar-refractivity contribution in [3.8, 4) is 5.69 Å². The normalized spacial score (nSPS) is 11.9. The number of benzene rings is 1. The summed E-state index contributed by atoms with van der Waals surface area (Å²) in [6.45, 7) is 0. The van der Waals surface area contributed by atoms with E-state index in [4.69, 9.17) is 0 Å². The van der Waals surface area contributed by atoms with Crippen molar-refractivity contribution in [2.75, 3.05) is 0 Å². The van der Waals surface area contributed by atoms with Crippen molar-refractivity contribution in [3.63, 3.8) is 0 Å². The van der Waals surface area contributed by atoms with Crippen molar-refractivity contribution >= 4 is 11.0 Å². The highest BCUT2D eigenvalue weighted by molar-refractivity contribution is 5.81. The van der Waals surface area contributed by atoms with Crippen molar-refractivity contribution in [1.82, 2.24) is 14.5 Å². The number of aromatic amines is 1. The minimum absolute atomic E-state index is 0.177. The lowest BCUT2D eigenvalue weighted by Gasteiger charge is -2.08. The second-order valence-electron chi connectivity index (χ2n) is 4.17. The van der Waals surface area contributed by atoms with Crippen molar-refractivity contribution < 1.29 is 13.2 Å². The number of rotatable bonds is 1. The van der Waals surface area contributed by atoms with Crippen LogP contribution in [0.25, 0.3) is 16.7 Å². The zero-order chi connectivity index (χ0) is 14.3. The molecule has 0 aliphatic heterocycles. The van der Waals surface area contributed by atoms with Gasteiger partial charge in [0.2, 0.25) is 0 Å². The minimum Gasteiger partial charge on any atom is -0.305 e. The first-order valence-electron chi connectivity index (χ1n) is 5.70. The summed E-state index contributed by atoms with van der Waals surface area (Å²) < 4.78 is 39.9. The minimum atomic E-state index is -4.52. The Hall–Kier alpha value is -2.57. The number of halogens is 3. The zero-order valence-corrected chi connectivity index (χ0v) is 9.98. The van der Waals surface area contributed by atoms with Gasteiger partial charge in [-0.15, -0.1) is 0 Å². The summed E-state index contributed by atoms with van der Waals surface area (Å²) in [5.41, 5.74) is -1.07. The molecule has 0 spiro atoms. The fraction of sp³-hybridized carbons (Fsp3) is 0.0769. The summed E-state index contributed by atoms with van der Waals surface area (Å²) in [6, 6.07) is 6.78. The monoisotopic (exact) mass is 279 g/mol. The van der Waals surface area contributed by atoms with E-state index in [1.807, 2.05) is 0 Å². The van der Waals surface area contributed by atoms with Crippen LogP contribution in [0.4, 0.5) is 13.2 Å². The molecule has 0 atom stereocenters. The van der Waals surface area contributed by atoms with Gasteiger partial charge in [0.1, 0.15) is 0 Å². The molecule has 7 heteroatoms. The fourth-order valence-electron chi connectivity index (χ4n) is 2.12. The van der Waals surface area contributed by atoms with E-state index in [-0.39, 0.29) is 11.0 Å². The molecule has 0 bridgehead atoms. The van der Waals surface area contributed by atoms with Crippen molar-refractivity contribution in [3.05, 3.63) is 58.8 Å². The third-order valence-electron chi connectivity index (χ3n) is 2.94. The highest BCUT2D eigenvalue weighted by Gasteiger charge is 2.33. The Balaban J connectivity index is 2.37. The van der Waals surface area contributed by atoms with E-state index >= 15 is 0 Å². The molecule has 0 aliphatic rings. The van der Waals surface area contributed by atoms with Gasteiger partial charge >= 0.3 is 11.9 Å². The average molecular weight is 279 g/mol. The molecule has 0 saturated carbocycles. The van der Waals surface area contributed by atoms with Crippen LogP contribution in [0.2, 0.25) is 0 Å². The zero-order valence-electron chi connectivity index (χ0n) is 9.98. The maximum Gasteiger partial charge on any atom is 0.418 e. The van der Waals surface area contributed by atoms with E-state index in [1.165, 1.54) is 29.1 Å². The first kappa shape index (κ1) is 12.5. The van der Waals surface area contributed by atoms with Gasteiger partial charge in [0.05, 0.1) is 22.3 Å². The van der Waals surface area contributed by atoms with Crippen LogP contribution in [0.15, 0.2) is 47.5 Å². The third kappa shape index (κ3) is 1.87. The van der Waals surface area contributed by atoms with Crippen LogP contribution in [0.5, 0.6) is 0 Å². The molecular weight excluding hydrogens is 271 g/mol. The van der Waals surface area contributed by atoms with Crippen LogP contribution >= 0.6 is 0 Å². The van der Waals surface area contributed by atoms with Gasteiger partial charge in [-0.2, -0.15) is 13.2 Å². The number of nitrogens with zero attached hydrogens (tertiary/aromatic N) is 2. The summed E-state index contributed by atoms with van der Waals surface area (Å²) in [6.07, 6.45) is -1.59. The number of alkyl halides is 3. The largest absolute Gasteiger partial charge is 0.418 e. The highest BCUT2D eigenvalue weighted by atomic mass is 19.4. The maximum atomic E-state index is 12.9. The first-order chi connectivity index (χ1) is 9.48. The molecule has 0 amide bonds. The van der Waals surface area contributed by atoms with E-state index in [9.17, 15) is 18.0 Å². The third-order valence-corrected chi connectivity index (χ3v) is 2.94. The van der Waals surface area contributed by atoms with Crippen LogP contribution in [0, 0.1) is 0 Å². The highest BCUT2D eigenvalue weighted by Crippen LogP contribution is 2.33. The molecule has 2 aromatic heterocycles. The SMILES string of the molecule is O=c1[nH]c2c(C(F)(F)F)cccc2n1-c1ccncc1. The van der Waals surface area contributed by atoms with E-state index in [2.05, 4.69) is 9.97 Å². The Bertz CT molecular complexity index is 818. The van der Waals surface area contributed by atoms with E-state index in [0.29, 0.717) is 5.69 Å². The van der Waals surface area contributed by atoms with Gasteiger partial charge in [0, 0.05) is 12.4 Å². The van der Waals surface area contributed by atoms with E-state index in [0.717, 1.165) is 6.07 Å². The number of imidazole rings is 1. The van der Waals surface area contributed by atoms with Crippen molar-refractivity contribution in [2.24, 2.45) is 0 Å². The van der Waals surface area contributed by atoms with Gasteiger partial charge in [-0.3, -0.25) is 9.55 Å². The predicted molar refractivity (Wildman–Crippen MR) is 66.7 cm³/mol. The van der Waals surface area contributed by atoms with Crippen LogP contribution < -0.4 is 5.69 Å². The Morgan fingerprint density at radius 1 is 1.10 bits per heavy atom. The second kappa shape index (κ2) is 4.22. The lowest BCUT2D eigenvalue weighted by molar-refractivity contribution is -0.136. The van der Waals surface area contributed by atoms with Crippen LogP contribution in [-0.4, -0.2) is 14.5 Å². The van der Waals surface area contributed by atoms with Gasteiger partial charge in [0.25, 0.3) is 0 Å². The fourth-order valence-corrected chi connectivity index (χ4v) is 2.12. The molecule has 102 valence electrons. The van der Waals surface area contributed by atoms with Crippen molar-refractivity contribution in [2.45, 2.75) is 6.18 Å². The van der Waals surface area contributed by atoms with Crippen molar-refractivity contribution in [1.29, 1.82) is 0 Å². The molecule has 1 aromatic carbocycles. The quantitative estimate of drug-likeness (QED) is 0.744. The summed E-state index contributed by atoms with van der Waals surface area (Å²) in [4.78, 5) is 18.0. The van der Waals surface area contributed by atoms with Crippen LogP contribution in [0.1, 0.15) is 5.56 Å². The van der Waals surface area contributed by atoms with Crippen LogP contribution in [0.3, 0.4) is 0 Å². The number of fused-ring (bicyclic) bond motifs is 1. The second-order valence-corrected chi connectivity index (χ2v) is 4.17. The topological polar surface area (TPSA) is 50.7 Å². The molecule has 0 unspecified atom stereocenters. The molecule has 0 aliphatic carbocycles. The van der Waals surface area contributed by atoms with Gasteiger partial charge in [-0.05, 0) is 24.3 Å². The molecule has 3 rings (SSSR count). The Morgan fingerprint density at radius 3 is 2.45 bits per heavy atom. The number of hydrogen-bond donors (Lipinski definition) is 1. The standard InChI is InChI=1S/C13H8F3N3O/c14-13(15,16)9-2-1-3-10-11(9)18-12(20)19(10)8-4-6-17-7-5-8/h1-7H,(H,18,20). The van der Waals surface area contributed by atoms with Gasteiger partial charge in [-0.25, -0.2) is 4.79 Å². The number of pyridine rings is 1. The number of hydrogen-bond acceptors (Lipinski definition) is 2. The molecule has 2 heterocycles. The molecule has 0 radical (unpaired) electrons. The summed E-state index contributed by atoms with van der Waals surface area (Å²) >= 11 is 0. The smallest absolute Gasteiger partial charge is 0.305 e. The summed E-state index contributed by atoms with van der Waals surface area (Å²) in [7, 11) is 0. The molecule has 4 nitrogen and oxygen atoms in total. The van der Waals surface area contributed by atoms with Gasteiger partial charge < -0.3 is 4.98 Å². The number of H-pyrrole nitrogens is 1. The summed E-state index contributed by atoms with van der Waals surface area (Å²) in [5.74, 6) is 0. The number of para-hydroxylation sites is 1. The Labute approximate surface area is 110 Å². The molecule has 20 heavy (non-hydrogen) atoms. The average Bonchev–Trinajstić information content (AvgIpc) is 2.74. The van der Waals surface area contributed by atoms with E-state index < -0.39 is 17.4 Å². The number of nitrogens with one attached hydrogen (secondary N) is 1. The Morgan fingerprint density at radius 2 is 1.80 bits per heavy atom. The Kier molecular flexibility index (Phi) is 2.63. The van der Waals surface area contributed by atoms with Crippen LogP contribution in [-0.2, 0) is 6.18 Å². The predicted octanol–water partition coefficient (Wildman–Crippen LogP) is 2.73. The maximum absolute atomic E-state index is 12.9. The van der Waals surface area contributed by atoms with Gasteiger partial charge in [-0.1, -0.05) is 6.07 Å². The first-order valence-corrected chi connectivity index (χ1v) is 5.70. The molecular formula is C13H8F3N3O. The lowest BCUT2D eigenvalue weighted by Crippen LogP contribution is -2.14. The summed E-state index contributed by atoms with van der Waals surface area (Å²) in [5, 5.41) is 0. The molecule has 0 saturated heterocycles. The van der Waals surface area contributed by atoms with E-state index in [1.54, 1.807) is 12.1 Å². The number of aromatic nitrogens is 3. The van der Waals surface area contributed by atoms with Gasteiger partial charge in [0.15, 0.2) is 0 Å². The lowest BCUT2D eigenvalue weighted by atomic mass is 10.2. The molecule has 0 fully saturated rings. The molecule has 1 N–H and O–H groups in total.